The molecule has 0 aromatic heterocycles. The molecule has 2 aliphatic rings. The van der Waals surface area contributed by atoms with E-state index in [2.05, 4.69) is 290 Å². The molecule has 0 spiro atoms. The maximum Gasteiger partial charge on any atom is 0.0714 e. The lowest BCUT2D eigenvalue weighted by molar-refractivity contribution is 0.742. The Morgan fingerprint density at radius 1 is 0.217 bits per heavy atom. The third-order valence-corrected chi connectivity index (χ3v) is 14.8. The summed E-state index contributed by atoms with van der Waals surface area (Å²) in [4.78, 5) is 2.46. The molecular formula is C68H47N. The predicted molar refractivity (Wildman–Crippen MR) is 287 cm³/mol. The van der Waals surface area contributed by atoms with E-state index in [-0.39, 0.29) is 0 Å². The van der Waals surface area contributed by atoms with E-state index in [0.29, 0.717) is 0 Å². The van der Waals surface area contributed by atoms with Crippen LogP contribution < -0.4 is 4.90 Å². The van der Waals surface area contributed by atoms with Gasteiger partial charge in [-0.1, -0.05) is 249 Å². The van der Waals surface area contributed by atoms with Crippen molar-refractivity contribution in [3.05, 3.63) is 330 Å². The Morgan fingerprint density at radius 3 is 1.19 bits per heavy atom. The zero-order valence-corrected chi connectivity index (χ0v) is 38.1. The molecule has 324 valence electrons. The molecule has 1 nitrogen and oxygen atoms in total. The van der Waals surface area contributed by atoms with Crippen LogP contribution in [0.2, 0.25) is 0 Å². The second-order valence-electron chi connectivity index (χ2n) is 18.3. The van der Waals surface area contributed by atoms with E-state index in [1.165, 1.54) is 77.9 Å². The summed E-state index contributed by atoms with van der Waals surface area (Å²) in [6, 6.07) is 106. The summed E-state index contributed by atoms with van der Waals surface area (Å²) in [6.07, 6.45) is 0. The van der Waals surface area contributed by atoms with Gasteiger partial charge in [0, 0.05) is 16.9 Å². The SMILES string of the molecule is c1ccc(-c2ccc(N(c3ccccc3)c3ccc4c(c3)C(c3ccccc3)(c3ccccc3)c3cc(C5(c6ccccc6)c6ccccc6-c6ccccc65)ccc3-4)c(-c3ccccc3)c2)cc1. The summed E-state index contributed by atoms with van der Waals surface area (Å²) in [5, 5.41) is 0. The fraction of sp³-hybridized carbons (Fsp3) is 0.0294. The van der Waals surface area contributed by atoms with Crippen LogP contribution in [-0.2, 0) is 10.8 Å². The van der Waals surface area contributed by atoms with Crippen LogP contribution in [0, 0.1) is 0 Å². The van der Waals surface area contributed by atoms with Gasteiger partial charge in [-0.3, -0.25) is 0 Å². The molecule has 0 atom stereocenters. The van der Waals surface area contributed by atoms with Gasteiger partial charge < -0.3 is 4.90 Å². The smallest absolute Gasteiger partial charge is 0.0714 e. The van der Waals surface area contributed by atoms with E-state index in [0.717, 1.165) is 28.2 Å². The Bertz CT molecular complexity index is 3550. The number of anilines is 3. The summed E-state index contributed by atoms with van der Waals surface area (Å²) >= 11 is 0. The van der Waals surface area contributed by atoms with Gasteiger partial charge in [-0.25, -0.2) is 0 Å². The highest BCUT2D eigenvalue weighted by atomic mass is 15.1. The molecule has 0 N–H and O–H groups in total. The topological polar surface area (TPSA) is 3.24 Å². The molecule has 69 heavy (non-hydrogen) atoms. The van der Waals surface area contributed by atoms with Crippen LogP contribution in [-0.4, -0.2) is 0 Å². The number of hydrogen-bond donors (Lipinski definition) is 0. The van der Waals surface area contributed by atoms with Crippen molar-refractivity contribution in [2.45, 2.75) is 10.8 Å². The largest absolute Gasteiger partial charge is 0.310 e. The molecule has 0 fully saturated rings. The number of rotatable bonds is 9. The molecule has 0 amide bonds. The molecular weight excluding hydrogens is 831 g/mol. The quantitative estimate of drug-likeness (QED) is 0.140. The van der Waals surface area contributed by atoms with Gasteiger partial charge in [-0.2, -0.15) is 0 Å². The highest BCUT2D eigenvalue weighted by molar-refractivity contribution is 5.95. The van der Waals surface area contributed by atoms with E-state index < -0.39 is 10.8 Å². The minimum Gasteiger partial charge on any atom is -0.310 e. The van der Waals surface area contributed by atoms with E-state index in [1.54, 1.807) is 0 Å². The van der Waals surface area contributed by atoms with Crippen molar-refractivity contribution in [1.82, 2.24) is 0 Å². The molecule has 11 aromatic rings. The van der Waals surface area contributed by atoms with E-state index in [1.807, 2.05) is 0 Å². The van der Waals surface area contributed by atoms with Crippen LogP contribution in [0.15, 0.2) is 285 Å². The van der Waals surface area contributed by atoms with Crippen molar-refractivity contribution in [2.24, 2.45) is 0 Å². The van der Waals surface area contributed by atoms with Crippen LogP contribution in [0.5, 0.6) is 0 Å². The van der Waals surface area contributed by atoms with Crippen molar-refractivity contribution >= 4 is 17.1 Å². The van der Waals surface area contributed by atoms with Crippen molar-refractivity contribution in [1.29, 1.82) is 0 Å². The molecule has 0 unspecified atom stereocenters. The van der Waals surface area contributed by atoms with Gasteiger partial charge >= 0.3 is 0 Å². The minimum absolute atomic E-state index is 0.549. The lowest BCUT2D eigenvalue weighted by atomic mass is 9.64. The molecule has 0 radical (unpaired) electrons. The van der Waals surface area contributed by atoms with Gasteiger partial charge in [0.25, 0.3) is 0 Å². The number of fused-ring (bicyclic) bond motifs is 6. The molecule has 0 saturated carbocycles. The first kappa shape index (κ1) is 40.5. The van der Waals surface area contributed by atoms with Crippen LogP contribution in [0.1, 0.15) is 44.5 Å². The third-order valence-electron chi connectivity index (χ3n) is 14.8. The van der Waals surface area contributed by atoms with Gasteiger partial charge in [0.05, 0.1) is 16.5 Å². The van der Waals surface area contributed by atoms with E-state index in [9.17, 15) is 0 Å². The average molecular weight is 878 g/mol. The second-order valence-corrected chi connectivity index (χ2v) is 18.3. The molecule has 11 aromatic carbocycles. The molecule has 13 rings (SSSR count). The average Bonchev–Trinajstić information content (AvgIpc) is 3.90. The van der Waals surface area contributed by atoms with Gasteiger partial charge in [-0.15, -0.1) is 0 Å². The second kappa shape index (κ2) is 16.5. The highest BCUT2D eigenvalue weighted by Gasteiger charge is 2.50. The van der Waals surface area contributed by atoms with Crippen LogP contribution in [0.4, 0.5) is 17.1 Å². The lowest BCUT2D eigenvalue weighted by Gasteiger charge is -2.37. The number of hydrogen-bond acceptors (Lipinski definition) is 1. The Balaban J connectivity index is 1.09. The van der Waals surface area contributed by atoms with Crippen molar-refractivity contribution in [2.75, 3.05) is 4.90 Å². The van der Waals surface area contributed by atoms with Crippen molar-refractivity contribution in [3.63, 3.8) is 0 Å². The maximum absolute atomic E-state index is 2.58. The van der Waals surface area contributed by atoms with Crippen LogP contribution >= 0.6 is 0 Å². The van der Waals surface area contributed by atoms with Gasteiger partial charge in [0.1, 0.15) is 0 Å². The summed E-state index contributed by atoms with van der Waals surface area (Å²) in [5.74, 6) is 0. The van der Waals surface area contributed by atoms with E-state index in [4.69, 9.17) is 0 Å². The summed E-state index contributed by atoms with van der Waals surface area (Å²) in [5.41, 5.74) is 22.0. The molecule has 1 heteroatoms. The third kappa shape index (κ3) is 6.24. The number of nitrogens with zero attached hydrogens (tertiary/aromatic N) is 1. The van der Waals surface area contributed by atoms with Crippen LogP contribution in [0.3, 0.4) is 0 Å². The summed E-state index contributed by atoms with van der Waals surface area (Å²) < 4.78 is 0. The molecule has 0 aliphatic heterocycles. The molecule has 0 bridgehead atoms. The van der Waals surface area contributed by atoms with Crippen molar-refractivity contribution in [3.8, 4) is 44.5 Å². The molecule has 2 aliphatic carbocycles. The Kier molecular flexibility index (Phi) is 9.70. The van der Waals surface area contributed by atoms with Gasteiger partial charge in [-0.05, 0) is 120 Å². The standard InChI is InChI=1S/C68H47N/c1-7-23-48(24-8-1)50-39-44-66(61(45-50)49-25-9-2-10-26-49)69(55-33-17-6-18-34-55)56-41-43-60-59-42-40-54(46-64(59)67(65(60)47-56,51-27-11-3-12-28-51)52-29-13-4-14-30-52)68(53-31-15-5-16-32-53)62-37-21-19-35-57(62)58-36-20-22-38-63(58)68/h1-47H. The molecule has 0 heterocycles. The fourth-order valence-electron chi connectivity index (χ4n) is 12.0. The lowest BCUT2D eigenvalue weighted by Crippen LogP contribution is -2.31. The highest BCUT2D eigenvalue weighted by Crippen LogP contribution is 2.61. The fourth-order valence-corrected chi connectivity index (χ4v) is 12.0. The Morgan fingerprint density at radius 2 is 0.638 bits per heavy atom. The van der Waals surface area contributed by atoms with E-state index >= 15 is 0 Å². The maximum atomic E-state index is 2.58. The van der Waals surface area contributed by atoms with Crippen LogP contribution in [0.25, 0.3) is 44.5 Å². The number of para-hydroxylation sites is 1. The predicted octanol–water partition coefficient (Wildman–Crippen LogP) is 17.2. The Hall–Kier alpha value is -8.78. The summed E-state index contributed by atoms with van der Waals surface area (Å²) in [6.45, 7) is 0. The zero-order valence-electron chi connectivity index (χ0n) is 38.1. The monoisotopic (exact) mass is 877 g/mol. The zero-order chi connectivity index (χ0) is 45.8. The minimum atomic E-state index is -0.670. The molecule has 0 saturated heterocycles. The van der Waals surface area contributed by atoms with Crippen molar-refractivity contribution < 1.29 is 0 Å². The Labute approximate surface area is 404 Å². The van der Waals surface area contributed by atoms with Gasteiger partial charge in [0.15, 0.2) is 0 Å². The first-order chi connectivity index (χ1) is 34.2. The normalized spacial score (nSPS) is 13.4. The summed E-state index contributed by atoms with van der Waals surface area (Å²) in [7, 11) is 0. The first-order valence-corrected chi connectivity index (χ1v) is 24.0. The first-order valence-electron chi connectivity index (χ1n) is 24.0. The van der Waals surface area contributed by atoms with Gasteiger partial charge in [0.2, 0.25) is 0 Å². The number of benzene rings is 11.